The van der Waals surface area contributed by atoms with Crippen LogP contribution in [0.3, 0.4) is 0 Å². The number of hydrogen-bond acceptors (Lipinski definition) is 4. The molecule has 112 valence electrons. The molecule has 0 saturated carbocycles. The number of likely N-dealkylation sites (tertiary alicyclic amines) is 1. The second-order valence-electron chi connectivity index (χ2n) is 5.64. The van der Waals surface area contributed by atoms with E-state index >= 15 is 0 Å². The highest BCUT2D eigenvalue weighted by molar-refractivity contribution is 5.84. The molecule has 5 nitrogen and oxygen atoms in total. The summed E-state index contributed by atoms with van der Waals surface area (Å²) >= 11 is 0. The molecule has 0 aromatic carbocycles. The Kier molecular flexibility index (Phi) is 5.20. The molecule has 1 fully saturated rings. The second-order valence-corrected chi connectivity index (χ2v) is 5.64. The van der Waals surface area contributed by atoms with Gasteiger partial charge in [0.1, 0.15) is 5.76 Å². The predicted molar refractivity (Wildman–Crippen MR) is 77.0 cm³/mol. The maximum atomic E-state index is 10.8. The molecule has 0 bridgehead atoms. The van der Waals surface area contributed by atoms with Crippen LogP contribution < -0.4 is 5.32 Å². The summed E-state index contributed by atoms with van der Waals surface area (Å²) in [7, 11) is 0. The summed E-state index contributed by atoms with van der Waals surface area (Å²) in [6.45, 7) is 8.06. The van der Waals surface area contributed by atoms with Crippen LogP contribution in [0.15, 0.2) is 10.5 Å². The quantitative estimate of drug-likeness (QED) is 0.836. The molecule has 1 aliphatic rings. The van der Waals surface area contributed by atoms with Crippen LogP contribution in [0.2, 0.25) is 0 Å². The number of aryl methyl sites for hydroxylation is 1. The molecule has 2 rings (SSSR count). The Morgan fingerprint density at radius 1 is 1.45 bits per heavy atom. The van der Waals surface area contributed by atoms with Gasteiger partial charge in [0.15, 0.2) is 0 Å². The second kappa shape index (κ2) is 6.90. The number of carboxylic acids is 1. The van der Waals surface area contributed by atoms with Crippen molar-refractivity contribution in [3.05, 3.63) is 23.2 Å². The van der Waals surface area contributed by atoms with Crippen molar-refractivity contribution in [2.45, 2.75) is 45.7 Å². The molecule has 2 heterocycles. The van der Waals surface area contributed by atoms with E-state index in [-0.39, 0.29) is 5.76 Å². The number of rotatable bonds is 6. The van der Waals surface area contributed by atoms with E-state index in [9.17, 15) is 4.79 Å². The highest BCUT2D eigenvalue weighted by Crippen LogP contribution is 2.15. The molecule has 0 amide bonds. The summed E-state index contributed by atoms with van der Waals surface area (Å²) in [4.78, 5) is 13.3. The van der Waals surface area contributed by atoms with E-state index in [1.54, 1.807) is 13.0 Å². The van der Waals surface area contributed by atoms with E-state index in [0.29, 0.717) is 18.3 Å². The van der Waals surface area contributed by atoms with Gasteiger partial charge < -0.3 is 19.7 Å². The van der Waals surface area contributed by atoms with Crippen molar-refractivity contribution in [3.63, 3.8) is 0 Å². The van der Waals surface area contributed by atoms with Crippen molar-refractivity contribution in [1.82, 2.24) is 10.2 Å². The van der Waals surface area contributed by atoms with Gasteiger partial charge in [-0.25, -0.2) is 4.79 Å². The van der Waals surface area contributed by atoms with Crippen molar-refractivity contribution >= 4 is 5.97 Å². The molecular weight excluding hydrogens is 256 g/mol. The third-order valence-corrected chi connectivity index (χ3v) is 3.85. The van der Waals surface area contributed by atoms with Gasteiger partial charge >= 0.3 is 5.97 Å². The molecule has 1 atom stereocenters. The molecule has 1 unspecified atom stereocenters. The summed E-state index contributed by atoms with van der Waals surface area (Å²) in [5, 5.41) is 12.3. The first kappa shape index (κ1) is 15.1. The zero-order chi connectivity index (χ0) is 14.5. The fourth-order valence-electron chi connectivity index (χ4n) is 2.68. The first-order valence-electron chi connectivity index (χ1n) is 7.34. The van der Waals surface area contributed by atoms with E-state index in [1.165, 1.54) is 32.4 Å². The molecule has 2 N–H and O–H groups in total. The van der Waals surface area contributed by atoms with E-state index < -0.39 is 5.97 Å². The topological polar surface area (TPSA) is 65.7 Å². The Morgan fingerprint density at radius 2 is 2.15 bits per heavy atom. The maximum absolute atomic E-state index is 10.8. The van der Waals surface area contributed by atoms with Crippen LogP contribution in [0.4, 0.5) is 0 Å². The van der Waals surface area contributed by atoms with Crippen LogP contribution in [0.5, 0.6) is 0 Å². The lowest BCUT2D eigenvalue weighted by Crippen LogP contribution is -2.41. The van der Waals surface area contributed by atoms with Crippen LogP contribution in [0, 0.1) is 6.92 Å². The Balaban J connectivity index is 1.80. The number of carbonyl (C=O) groups is 1. The first-order valence-corrected chi connectivity index (χ1v) is 7.34. The summed E-state index contributed by atoms with van der Waals surface area (Å²) in [6.07, 6.45) is 3.95. The van der Waals surface area contributed by atoms with E-state index in [4.69, 9.17) is 9.52 Å². The lowest BCUT2D eigenvalue weighted by molar-refractivity contribution is 0.0661. The van der Waals surface area contributed by atoms with Crippen molar-refractivity contribution in [2.75, 3.05) is 19.6 Å². The average Bonchev–Trinajstić information content (AvgIpc) is 2.79. The predicted octanol–water partition coefficient (Wildman–Crippen LogP) is 2.25. The van der Waals surface area contributed by atoms with Crippen molar-refractivity contribution in [3.8, 4) is 0 Å². The third kappa shape index (κ3) is 4.08. The zero-order valence-electron chi connectivity index (χ0n) is 12.3. The van der Waals surface area contributed by atoms with E-state index in [0.717, 1.165) is 12.1 Å². The van der Waals surface area contributed by atoms with Gasteiger partial charge in [0.05, 0.1) is 0 Å². The lowest BCUT2D eigenvalue weighted by Gasteiger charge is -2.29. The van der Waals surface area contributed by atoms with E-state index in [2.05, 4.69) is 17.1 Å². The van der Waals surface area contributed by atoms with Gasteiger partial charge in [0.2, 0.25) is 5.76 Å². The minimum atomic E-state index is -1.01. The molecule has 5 heteroatoms. The summed E-state index contributed by atoms with van der Waals surface area (Å²) < 4.78 is 5.21. The Labute approximate surface area is 119 Å². The van der Waals surface area contributed by atoms with Gasteiger partial charge in [-0.2, -0.15) is 0 Å². The fraction of sp³-hybridized carbons (Fsp3) is 0.667. The lowest BCUT2D eigenvalue weighted by atomic mass is 10.1. The standard InChI is InChI=1S/C15H24N2O3/c1-11(10-17-6-4-3-5-7-17)16-9-13-8-14(15(18)19)20-12(13)2/h8,11,16H,3-7,9-10H2,1-2H3,(H,18,19). The molecular formula is C15H24N2O3. The maximum Gasteiger partial charge on any atom is 0.371 e. The van der Waals surface area contributed by atoms with Crippen LogP contribution in [0.1, 0.15) is 48.1 Å². The van der Waals surface area contributed by atoms with Gasteiger partial charge in [-0.1, -0.05) is 6.42 Å². The molecule has 1 saturated heterocycles. The number of carboxylic acid groups (broad SMARTS) is 1. The van der Waals surface area contributed by atoms with Crippen molar-refractivity contribution in [1.29, 1.82) is 0 Å². The minimum absolute atomic E-state index is 0.0167. The van der Waals surface area contributed by atoms with Gasteiger partial charge in [-0.05, 0) is 45.8 Å². The molecule has 0 aliphatic carbocycles. The summed E-state index contributed by atoms with van der Waals surface area (Å²) in [5.74, 6) is -0.316. The number of nitrogens with zero attached hydrogens (tertiary/aromatic N) is 1. The van der Waals surface area contributed by atoms with Gasteiger partial charge in [0.25, 0.3) is 0 Å². The summed E-state index contributed by atoms with van der Waals surface area (Å²) in [5.41, 5.74) is 0.924. The van der Waals surface area contributed by atoms with Crippen molar-refractivity contribution in [2.24, 2.45) is 0 Å². The monoisotopic (exact) mass is 280 g/mol. The van der Waals surface area contributed by atoms with E-state index in [1.807, 2.05) is 0 Å². The molecule has 1 aliphatic heterocycles. The first-order chi connectivity index (χ1) is 9.56. The number of aromatic carboxylic acids is 1. The molecule has 1 aromatic rings. The number of furan rings is 1. The highest BCUT2D eigenvalue weighted by atomic mass is 16.4. The van der Waals surface area contributed by atoms with Gasteiger partial charge in [0, 0.05) is 24.7 Å². The normalized spacial score (nSPS) is 18.1. The van der Waals surface area contributed by atoms with Crippen molar-refractivity contribution < 1.29 is 14.3 Å². The molecule has 20 heavy (non-hydrogen) atoms. The van der Waals surface area contributed by atoms with Crippen LogP contribution in [0.25, 0.3) is 0 Å². The Bertz CT molecular complexity index is 450. The smallest absolute Gasteiger partial charge is 0.371 e. The van der Waals surface area contributed by atoms with Gasteiger partial charge in [-0.3, -0.25) is 0 Å². The van der Waals surface area contributed by atoms with Crippen LogP contribution in [-0.2, 0) is 6.54 Å². The Hall–Kier alpha value is -1.33. The molecule has 1 aromatic heterocycles. The fourth-order valence-corrected chi connectivity index (χ4v) is 2.68. The largest absolute Gasteiger partial charge is 0.475 e. The molecule has 0 radical (unpaired) electrons. The van der Waals surface area contributed by atoms with Crippen LogP contribution >= 0.6 is 0 Å². The highest BCUT2D eigenvalue weighted by Gasteiger charge is 2.15. The number of nitrogens with one attached hydrogen (secondary N) is 1. The van der Waals surface area contributed by atoms with Crippen LogP contribution in [-0.4, -0.2) is 41.7 Å². The minimum Gasteiger partial charge on any atom is -0.475 e. The van der Waals surface area contributed by atoms with Gasteiger partial charge in [-0.15, -0.1) is 0 Å². The average molecular weight is 280 g/mol. The number of piperidine rings is 1. The summed E-state index contributed by atoms with van der Waals surface area (Å²) in [6, 6.07) is 1.99. The third-order valence-electron chi connectivity index (χ3n) is 3.85. The SMILES string of the molecule is Cc1oc(C(=O)O)cc1CNC(C)CN1CCCCC1. The molecule has 0 spiro atoms. The zero-order valence-corrected chi connectivity index (χ0v) is 12.3. The Morgan fingerprint density at radius 3 is 2.75 bits per heavy atom. The number of hydrogen-bond donors (Lipinski definition) is 2.